The van der Waals surface area contributed by atoms with Crippen LogP contribution in [0.4, 0.5) is 0 Å². The molecule has 1 atom stereocenters. The van der Waals surface area contributed by atoms with E-state index in [-0.39, 0.29) is 0 Å². The van der Waals surface area contributed by atoms with Crippen LogP contribution in [0.25, 0.3) is 0 Å². The predicted octanol–water partition coefficient (Wildman–Crippen LogP) is 1.62. The third-order valence-corrected chi connectivity index (χ3v) is 3.74. The fourth-order valence-corrected chi connectivity index (χ4v) is 3.08. The fraction of sp³-hybridized carbons (Fsp3) is 0.600. The van der Waals surface area contributed by atoms with Gasteiger partial charge in [-0.2, -0.15) is 0 Å². The Labute approximate surface area is 134 Å². The first kappa shape index (κ1) is 16.5. The molecule has 0 aromatic heterocycles. The Kier molecular flexibility index (Phi) is 5.48. The lowest BCUT2D eigenvalue weighted by Gasteiger charge is -2.27. The summed E-state index contributed by atoms with van der Waals surface area (Å²) in [6, 6.07) is 3.99. The second-order valence-corrected chi connectivity index (χ2v) is 6.79. The summed E-state index contributed by atoms with van der Waals surface area (Å²) in [5.74, 6) is 1.54. The predicted molar refractivity (Wildman–Crippen MR) is 86.0 cm³/mol. The number of rotatable bonds is 6. The average molecular weight is 359 g/mol. The van der Waals surface area contributed by atoms with Crippen molar-refractivity contribution in [3.05, 3.63) is 22.2 Å². The lowest BCUT2D eigenvalue weighted by molar-refractivity contribution is 0.0336. The van der Waals surface area contributed by atoms with E-state index in [1.165, 1.54) is 0 Å². The summed E-state index contributed by atoms with van der Waals surface area (Å²) < 4.78 is 12.1. The van der Waals surface area contributed by atoms with Crippen LogP contribution in [0.3, 0.4) is 0 Å². The third-order valence-electron chi connectivity index (χ3n) is 3.15. The Balaban J connectivity index is 1.93. The molecule has 2 N–H and O–H groups in total. The summed E-state index contributed by atoms with van der Waals surface area (Å²) in [4.78, 5) is 1.97. The van der Waals surface area contributed by atoms with E-state index in [2.05, 4.69) is 21.2 Å². The van der Waals surface area contributed by atoms with Crippen LogP contribution in [-0.4, -0.2) is 56.0 Å². The molecule has 0 saturated heterocycles. The van der Waals surface area contributed by atoms with Crippen LogP contribution in [0.1, 0.15) is 12.5 Å². The van der Waals surface area contributed by atoms with E-state index in [0.717, 1.165) is 21.5 Å². The zero-order valence-electron chi connectivity index (χ0n) is 12.8. The highest BCUT2D eigenvalue weighted by Crippen LogP contribution is 2.38. The summed E-state index contributed by atoms with van der Waals surface area (Å²) in [7, 11) is 3.90. The number of hydrogen-bond donors (Lipinski definition) is 2. The normalized spacial score (nSPS) is 16.9. The largest absolute Gasteiger partial charge is 0.486 e. The Morgan fingerprint density at radius 2 is 2.05 bits per heavy atom. The number of hydrogen-bond acceptors (Lipinski definition) is 5. The molecule has 21 heavy (non-hydrogen) atoms. The second-order valence-electron chi connectivity index (χ2n) is 5.94. The van der Waals surface area contributed by atoms with Gasteiger partial charge in [-0.25, -0.2) is 0 Å². The molecular weight excluding hydrogens is 336 g/mol. The number of fused-ring (bicyclic) bond motifs is 1. The number of halogens is 1. The number of likely N-dealkylation sites (N-methyl/N-ethyl adjacent to an activating group) is 1. The fourth-order valence-electron chi connectivity index (χ4n) is 2.48. The van der Waals surface area contributed by atoms with Crippen LogP contribution in [0.2, 0.25) is 0 Å². The smallest absolute Gasteiger partial charge is 0.175 e. The highest BCUT2D eigenvalue weighted by molar-refractivity contribution is 9.10. The van der Waals surface area contributed by atoms with Crippen LogP contribution in [-0.2, 0) is 6.54 Å². The molecule has 1 unspecified atom stereocenters. The molecule has 0 saturated carbocycles. The molecule has 1 aromatic rings. The Bertz CT molecular complexity index is 492. The van der Waals surface area contributed by atoms with Crippen LogP contribution >= 0.6 is 15.9 Å². The molecule has 0 aliphatic carbocycles. The SMILES string of the molecule is CN(C)CC(C)(O)CNCc1cc(Br)c2c(c1)OCCO2. The van der Waals surface area contributed by atoms with Crippen molar-refractivity contribution in [2.24, 2.45) is 0 Å². The monoisotopic (exact) mass is 358 g/mol. The van der Waals surface area contributed by atoms with Crippen molar-refractivity contribution >= 4 is 15.9 Å². The molecule has 118 valence electrons. The minimum absolute atomic E-state index is 0.525. The van der Waals surface area contributed by atoms with E-state index < -0.39 is 5.60 Å². The highest BCUT2D eigenvalue weighted by Gasteiger charge is 2.21. The van der Waals surface area contributed by atoms with Crippen molar-refractivity contribution in [3.63, 3.8) is 0 Å². The van der Waals surface area contributed by atoms with E-state index in [1.54, 1.807) is 0 Å². The lowest BCUT2D eigenvalue weighted by atomic mass is 10.1. The minimum Gasteiger partial charge on any atom is -0.486 e. The molecule has 6 heteroatoms. The first-order valence-corrected chi connectivity index (χ1v) is 7.82. The molecule has 0 bridgehead atoms. The van der Waals surface area contributed by atoms with Gasteiger partial charge < -0.3 is 24.8 Å². The lowest BCUT2D eigenvalue weighted by Crippen LogP contribution is -2.45. The molecule has 1 aromatic carbocycles. The van der Waals surface area contributed by atoms with Crippen LogP contribution in [0.15, 0.2) is 16.6 Å². The topological polar surface area (TPSA) is 54.0 Å². The van der Waals surface area contributed by atoms with Gasteiger partial charge in [0.05, 0.1) is 10.1 Å². The molecule has 1 heterocycles. The summed E-state index contributed by atoms with van der Waals surface area (Å²) in [6.45, 7) is 4.80. The van der Waals surface area contributed by atoms with Gasteiger partial charge in [-0.05, 0) is 54.6 Å². The van der Waals surface area contributed by atoms with Crippen molar-refractivity contribution in [1.29, 1.82) is 0 Å². The molecule has 5 nitrogen and oxygen atoms in total. The quantitative estimate of drug-likeness (QED) is 0.809. The van der Waals surface area contributed by atoms with Gasteiger partial charge in [0.15, 0.2) is 11.5 Å². The number of benzene rings is 1. The first-order valence-electron chi connectivity index (χ1n) is 7.03. The van der Waals surface area contributed by atoms with E-state index in [4.69, 9.17) is 9.47 Å². The molecule has 1 aliphatic rings. The first-order chi connectivity index (χ1) is 9.87. The van der Waals surface area contributed by atoms with E-state index >= 15 is 0 Å². The molecule has 0 radical (unpaired) electrons. The van der Waals surface area contributed by atoms with Crippen molar-refractivity contribution < 1.29 is 14.6 Å². The number of nitrogens with one attached hydrogen (secondary N) is 1. The Morgan fingerprint density at radius 1 is 1.33 bits per heavy atom. The van der Waals surface area contributed by atoms with Gasteiger partial charge in [0, 0.05) is 19.6 Å². The van der Waals surface area contributed by atoms with Crippen molar-refractivity contribution in [3.8, 4) is 11.5 Å². The van der Waals surface area contributed by atoms with Gasteiger partial charge in [0.2, 0.25) is 0 Å². The van der Waals surface area contributed by atoms with Crippen LogP contribution in [0, 0.1) is 0 Å². The second kappa shape index (κ2) is 6.96. The minimum atomic E-state index is -0.755. The summed E-state index contributed by atoms with van der Waals surface area (Å²) in [5, 5.41) is 13.5. The maximum absolute atomic E-state index is 10.3. The zero-order chi connectivity index (χ0) is 15.5. The van der Waals surface area contributed by atoms with Crippen molar-refractivity contribution in [1.82, 2.24) is 10.2 Å². The number of nitrogens with zero attached hydrogens (tertiary/aromatic N) is 1. The van der Waals surface area contributed by atoms with Crippen LogP contribution in [0.5, 0.6) is 11.5 Å². The van der Waals surface area contributed by atoms with E-state index in [9.17, 15) is 5.11 Å². The molecule has 0 spiro atoms. The average Bonchev–Trinajstić information content (AvgIpc) is 2.37. The number of aliphatic hydroxyl groups is 1. The molecular formula is C15H23BrN2O3. The third kappa shape index (κ3) is 4.85. The van der Waals surface area contributed by atoms with Gasteiger partial charge in [0.25, 0.3) is 0 Å². The Morgan fingerprint density at radius 3 is 2.76 bits per heavy atom. The molecule has 1 aliphatic heterocycles. The maximum Gasteiger partial charge on any atom is 0.175 e. The van der Waals surface area contributed by atoms with Gasteiger partial charge in [-0.1, -0.05) is 0 Å². The van der Waals surface area contributed by atoms with E-state index in [1.807, 2.05) is 38.1 Å². The zero-order valence-corrected chi connectivity index (χ0v) is 14.4. The maximum atomic E-state index is 10.3. The summed E-state index contributed by atoms with van der Waals surface area (Å²) >= 11 is 3.51. The molecule has 0 fully saturated rings. The summed E-state index contributed by atoms with van der Waals surface area (Å²) in [5.41, 5.74) is 0.334. The number of ether oxygens (including phenoxy) is 2. The van der Waals surface area contributed by atoms with E-state index in [0.29, 0.717) is 32.8 Å². The summed E-state index contributed by atoms with van der Waals surface area (Å²) in [6.07, 6.45) is 0. The van der Waals surface area contributed by atoms with Crippen molar-refractivity contribution in [2.45, 2.75) is 19.1 Å². The van der Waals surface area contributed by atoms with Crippen LogP contribution < -0.4 is 14.8 Å². The van der Waals surface area contributed by atoms with Gasteiger partial charge in [0.1, 0.15) is 13.2 Å². The molecule has 0 amide bonds. The van der Waals surface area contributed by atoms with Crippen molar-refractivity contribution in [2.75, 3.05) is 40.4 Å². The molecule has 2 rings (SSSR count). The van der Waals surface area contributed by atoms with Gasteiger partial charge in [-0.3, -0.25) is 0 Å². The highest BCUT2D eigenvalue weighted by atomic mass is 79.9. The standard InChI is InChI=1S/C15H23BrN2O3/c1-15(19,10-18(2)3)9-17-8-11-6-12(16)14-13(7-11)20-4-5-21-14/h6-7,17,19H,4-5,8-10H2,1-3H3. The van der Waals surface area contributed by atoms with Gasteiger partial charge in [-0.15, -0.1) is 0 Å². The van der Waals surface area contributed by atoms with Gasteiger partial charge >= 0.3 is 0 Å². The Hall–Kier alpha value is -0.820.